The summed E-state index contributed by atoms with van der Waals surface area (Å²) in [5.74, 6) is 0.0819. The van der Waals surface area contributed by atoms with Crippen LogP contribution in [0.15, 0.2) is 40.1 Å². The molecule has 2 atom stereocenters. The van der Waals surface area contributed by atoms with Crippen molar-refractivity contribution in [3.05, 3.63) is 47.0 Å². The molecule has 1 aromatic heterocycles. The van der Waals surface area contributed by atoms with Crippen molar-refractivity contribution in [2.45, 2.75) is 49.2 Å². The molecule has 3 nitrogen and oxygen atoms in total. The van der Waals surface area contributed by atoms with E-state index in [0.29, 0.717) is 0 Å². The van der Waals surface area contributed by atoms with Crippen LogP contribution in [-0.4, -0.2) is 22.2 Å². The predicted octanol–water partition coefficient (Wildman–Crippen LogP) is 4.07. The average Bonchev–Trinajstić information content (AvgIpc) is 2.91. The fraction of sp³-hybridized carbons (Fsp3) is 0.412. The Hall–Kier alpha value is -1.33. The number of hydrogen-bond donors (Lipinski definition) is 1. The highest BCUT2D eigenvalue weighted by Gasteiger charge is 2.17. The van der Waals surface area contributed by atoms with E-state index in [0.717, 1.165) is 22.9 Å². The number of rotatable bonds is 7. The first-order chi connectivity index (χ1) is 10.5. The maximum absolute atomic E-state index is 12.2. The molecule has 0 saturated carbocycles. The number of hydrogen-bond acceptors (Lipinski definition) is 4. The molecular formula is C17H22N2OS2. The summed E-state index contributed by atoms with van der Waals surface area (Å²) in [6.45, 7) is 5.96. The number of thiazole rings is 1. The van der Waals surface area contributed by atoms with Crippen LogP contribution in [0, 0.1) is 6.92 Å². The Kier molecular flexibility index (Phi) is 6.46. The van der Waals surface area contributed by atoms with Crippen LogP contribution < -0.4 is 5.32 Å². The lowest BCUT2D eigenvalue weighted by Gasteiger charge is -2.16. The summed E-state index contributed by atoms with van der Waals surface area (Å²) in [5, 5.41) is 4.98. The fourth-order valence-electron chi connectivity index (χ4n) is 2.05. The Morgan fingerprint density at radius 2 is 2.05 bits per heavy atom. The van der Waals surface area contributed by atoms with Gasteiger partial charge in [-0.2, -0.15) is 0 Å². The van der Waals surface area contributed by atoms with Gasteiger partial charge in [-0.3, -0.25) is 4.79 Å². The lowest BCUT2D eigenvalue weighted by molar-refractivity contribution is -0.120. The second-order valence-electron chi connectivity index (χ2n) is 5.45. The summed E-state index contributed by atoms with van der Waals surface area (Å²) in [5.41, 5.74) is 2.32. The largest absolute Gasteiger partial charge is 0.353 e. The maximum Gasteiger partial charge on any atom is 0.233 e. The Morgan fingerprint density at radius 3 is 2.68 bits per heavy atom. The van der Waals surface area contributed by atoms with Crippen molar-refractivity contribution in [3.8, 4) is 0 Å². The molecule has 22 heavy (non-hydrogen) atoms. The number of benzene rings is 1. The quantitative estimate of drug-likeness (QED) is 0.776. The highest BCUT2D eigenvalue weighted by atomic mass is 32.2. The van der Waals surface area contributed by atoms with Crippen LogP contribution in [0.3, 0.4) is 0 Å². The van der Waals surface area contributed by atoms with Gasteiger partial charge in [0, 0.05) is 17.1 Å². The van der Waals surface area contributed by atoms with Crippen LogP contribution in [0.25, 0.3) is 0 Å². The fourth-order valence-corrected chi connectivity index (χ4v) is 4.05. The third kappa shape index (κ3) is 5.46. The van der Waals surface area contributed by atoms with Gasteiger partial charge in [0.15, 0.2) is 4.34 Å². The Balaban J connectivity index is 1.75. The average molecular weight is 335 g/mol. The van der Waals surface area contributed by atoms with E-state index in [1.165, 1.54) is 17.3 Å². The summed E-state index contributed by atoms with van der Waals surface area (Å²) in [6, 6.07) is 10.5. The Labute approximate surface area is 140 Å². The summed E-state index contributed by atoms with van der Waals surface area (Å²) in [6.07, 6.45) is 1.93. The summed E-state index contributed by atoms with van der Waals surface area (Å²) in [4.78, 5) is 16.6. The number of aryl methyl sites for hydroxylation is 2. The van der Waals surface area contributed by atoms with E-state index in [-0.39, 0.29) is 17.2 Å². The number of aromatic nitrogens is 1. The van der Waals surface area contributed by atoms with Crippen molar-refractivity contribution in [3.63, 3.8) is 0 Å². The Bertz CT molecular complexity index is 598. The van der Waals surface area contributed by atoms with Gasteiger partial charge in [-0.25, -0.2) is 4.98 Å². The SMILES string of the molecule is Cc1csc(S[C@H](C)C(=O)N[C@H](C)CCc2ccccc2)n1. The van der Waals surface area contributed by atoms with Crippen molar-refractivity contribution in [2.24, 2.45) is 0 Å². The number of carbonyl (C=O) groups is 1. The van der Waals surface area contributed by atoms with Crippen molar-refractivity contribution in [1.82, 2.24) is 10.3 Å². The van der Waals surface area contributed by atoms with Crippen molar-refractivity contribution in [2.75, 3.05) is 0 Å². The highest BCUT2D eigenvalue weighted by molar-refractivity contribution is 8.02. The summed E-state index contributed by atoms with van der Waals surface area (Å²) >= 11 is 3.12. The van der Waals surface area contributed by atoms with E-state index in [9.17, 15) is 4.79 Å². The van der Waals surface area contributed by atoms with Gasteiger partial charge in [-0.05, 0) is 39.2 Å². The molecule has 0 spiro atoms. The minimum atomic E-state index is -0.121. The number of amides is 1. The standard InChI is InChI=1S/C17H22N2OS2/c1-12(9-10-15-7-5-4-6-8-15)18-16(20)14(3)22-17-19-13(2)11-21-17/h4-8,11-12,14H,9-10H2,1-3H3,(H,18,20)/t12-,14-/m1/s1. The normalized spacial score (nSPS) is 13.6. The molecule has 1 N–H and O–H groups in total. The molecule has 118 valence electrons. The predicted molar refractivity (Wildman–Crippen MR) is 94.5 cm³/mol. The zero-order valence-corrected chi connectivity index (χ0v) is 14.8. The molecule has 0 aliphatic heterocycles. The number of carbonyl (C=O) groups excluding carboxylic acids is 1. The highest BCUT2D eigenvalue weighted by Crippen LogP contribution is 2.26. The van der Waals surface area contributed by atoms with Crippen molar-refractivity contribution >= 4 is 29.0 Å². The van der Waals surface area contributed by atoms with Crippen molar-refractivity contribution < 1.29 is 4.79 Å². The third-order valence-electron chi connectivity index (χ3n) is 3.34. The lowest BCUT2D eigenvalue weighted by Crippen LogP contribution is -2.37. The van der Waals surface area contributed by atoms with Crippen LogP contribution in [0.2, 0.25) is 0 Å². The van der Waals surface area contributed by atoms with Crippen LogP contribution in [0.1, 0.15) is 31.5 Å². The molecule has 1 heterocycles. The summed E-state index contributed by atoms with van der Waals surface area (Å²) in [7, 11) is 0. The van der Waals surface area contributed by atoms with E-state index in [4.69, 9.17) is 0 Å². The van der Waals surface area contributed by atoms with Gasteiger partial charge in [-0.15, -0.1) is 11.3 Å². The monoisotopic (exact) mass is 334 g/mol. The topological polar surface area (TPSA) is 42.0 Å². The summed E-state index contributed by atoms with van der Waals surface area (Å²) < 4.78 is 0.956. The van der Waals surface area contributed by atoms with E-state index in [2.05, 4.69) is 29.4 Å². The van der Waals surface area contributed by atoms with Gasteiger partial charge in [0.2, 0.25) is 5.91 Å². The van der Waals surface area contributed by atoms with Crippen molar-refractivity contribution in [1.29, 1.82) is 0 Å². The zero-order valence-electron chi connectivity index (χ0n) is 13.2. The number of thioether (sulfide) groups is 1. The van der Waals surface area contributed by atoms with E-state index < -0.39 is 0 Å². The van der Waals surface area contributed by atoms with Gasteiger partial charge in [0.25, 0.3) is 0 Å². The van der Waals surface area contributed by atoms with Crippen LogP contribution >= 0.6 is 23.1 Å². The maximum atomic E-state index is 12.2. The zero-order chi connectivity index (χ0) is 15.9. The molecule has 0 aliphatic rings. The molecule has 2 rings (SSSR count). The molecule has 0 bridgehead atoms. The van der Waals surface area contributed by atoms with Gasteiger partial charge < -0.3 is 5.32 Å². The molecule has 5 heteroatoms. The third-order valence-corrected chi connectivity index (χ3v) is 5.53. The van der Waals surface area contributed by atoms with Crippen LogP contribution in [0.5, 0.6) is 0 Å². The first kappa shape index (κ1) is 17.0. The number of nitrogens with zero attached hydrogens (tertiary/aromatic N) is 1. The molecule has 0 unspecified atom stereocenters. The second-order valence-corrected chi connectivity index (χ2v) is 7.89. The second kappa shape index (κ2) is 8.34. The van der Waals surface area contributed by atoms with Gasteiger partial charge in [0.1, 0.15) is 0 Å². The molecule has 1 amide bonds. The minimum absolute atomic E-state index is 0.0819. The van der Waals surface area contributed by atoms with Crippen LogP contribution in [0.4, 0.5) is 0 Å². The molecular weight excluding hydrogens is 312 g/mol. The molecule has 0 radical (unpaired) electrons. The van der Waals surface area contributed by atoms with E-state index in [1.807, 2.05) is 37.4 Å². The van der Waals surface area contributed by atoms with E-state index in [1.54, 1.807) is 11.3 Å². The molecule has 0 fully saturated rings. The van der Waals surface area contributed by atoms with Gasteiger partial charge in [-0.1, -0.05) is 42.1 Å². The van der Waals surface area contributed by atoms with Gasteiger partial charge in [0.05, 0.1) is 5.25 Å². The minimum Gasteiger partial charge on any atom is -0.353 e. The lowest BCUT2D eigenvalue weighted by atomic mass is 10.1. The van der Waals surface area contributed by atoms with Gasteiger partial charge >= 0.3 is 0 Å². The first-order valence-corrected chi connectivity index (χ1v) is 9.23. The van der Waals surface area contributed by atoms with Crippen LogP contribution in [-0.2, 0) is 11.2 Å². The molecule has 0 saturated heterocycles. The first-order valence-electron chi connectivity index (χ1n) is 7.47. The molecule has 0 aliphatic carbocycles. The smallest absolute Gasteiger partial charge is 0.233 e. The number of nitrogens with one attached hydrogen (secondary N) is 1. The van der Waals surface area contributed by atoms with E-state index >= 15 is 0 Å². The Morgan fingerprint density at radius 1 is 1.32 bits per heavy atom. The molecule has 2 aromatic rings. The molecule has 1 aromatic carbocycles.